The van der Waals surface area contributed by atoms with E-state index in [9.17, 15) is 13.0 Å². The Morgan fingerprint density at radius 2 is 1.36 bits per heavy atom. The summed E-state index contributed by atoms with van der Waals surface area (Å²) in [6, 6.07) is 15.8. The molecule has 0 atom stereocenters. The molecule has 0 amide bonds. The van der Waals surface area contributed by atoms with E-state index < -0.39 is 10.1 Å². The molecule has 3 aromatic carbocycles. The smallest absolute Gasteiger partial charge is 0.294 e. The first-order chi connectivity index (χ1) is 15.8. The van der Waals surface area contributed by atoms with Crippen molar-refractivity contribution in [2.24, 2.45) is 20.5 Å². The van der Waals surface area contributed by atoms with Crippen molar-refractivity contribution in [1.82, 2.24) is 0 Å². The number of rotatable bonds is 9. The Morgan fingerprint density at radius 3 is 1.88 bits per heavy atom. The lowest BCUT2D eigenvalue weighted by atomic mass is 10.2. The zero-order valence-corrected chi connectivity index (χ0v) is 19.0. The first kappa shape index (κ1) is 23.8. The lowest BCUT2D eigenvalue weighted by Gasteiger charge is -2.09. The standard InChI is InChI=1S/C22H22N4O6S/c1-4-32-17-10-8-15(9-11-17)23-25-19-13-22(31-3)20(14-21(19)30-2)26-24-16-6-5-7-18(12-16)33(27,28)29/h5-14H,4H2,1-3H3,(H,27,28,29). The third-order valence-corrected chi connectivity index (χ3v) is 5.14. The summed E-state index contributed by atoms with van der Waals surface area (Å²) in [4.78, 5) is -0.284. The predicted octanol–water partition coefficient (Wildman–Crippen LogP) is 6.18. The lowest BCUT2D eigenvalue weighted by Crippen LogP contribution is -1.96. The SMILES string of the molecule is CCOc1ccc(N=Nc2cc(OC)c(N=Nc3cccc(S(=O)(=O)O)c3)cc2OC)cc1. The Morgan fingerprint density at radius 1 is 0.788 bits per heavy atom. The largest absolute Gasteiger partial charge is 0.494 e. The fraction of sp³-hybridized carbons (Fsp3) is 0.182. The third kappa shape index (κ3) is 6.34. The van der Waals surface area contributed by atoms with E-state index >= 15 is 0 Å². The van der Waals surface area contributed by atoms with Gasteiger partial charge in [-0.2, -0.15) is 18.6 Å². The molecule has 1 N–H and O–H groups in total. The number of azo groups is 2. The van der Waals surface area contributed by atoms with Crippen molar-refractivity contribution in [3.63, 3.8) is 0 Å². The molecule has 0 fully saturated rings. The highest BCUT2D eigenvalue weighted by atomic mass is 32.2. The van der Waals surface area contributed by atoms with E-state index in [-0.39, 0.29) is 10.6 Å². The minimum atomic E-state index is -4.35. The number of hydrogen-bond donors (Lipinski definition) is 1. The second-order valence-electron chi connectivity index (χ2n) is 6.50. The van der Waals surface area contributed by atoms with E-state index in [2.05, 4.69) is 20.5 Å². The maximum absolute atomic E-state index is 11.3. The van der Waals surface area contributed by atoms with Crippen LogP contribution in [0.4, 0.5) is 22.7 Å². The van der Waals surface area contributed by atoms with Gasteiger partial charge in [-0.25, -0.2) is 0 Å². The first-order valence-electron chi connectivity index (χ1n) is 9.74. The molecule has 0 aromatic heterocycles. The summed E-state index contributed by atoms with van der Waals surface area (Å²) in [6.07, 6.45) is 0. The topological polar surface area (TPSA) is 132 Å². The maximum Gasteiger partial charge on any atom is 0.294 e. The van der Waals surface area contributed by atoms with Gasteiger partial charge in [0, 0.05) is 12.1 Å². The van der Waals surface area contributed by atoms with Crippen LogP contribution in [0.3, 0.4) is 0 Å². The molecule has 0 unspecified atom stereocenters. The lowest BCUT2D eigenvalue weighted by molar-refractivity contribution is 0.340. The summed E-state index contributed by atoms with van der Waals surface area (Å²) >= 11 is 0. The molecule has 0 aliphatic carbocycles. The minimum Gasteiger partial charge on any atom is -0.494 e. The number of ether oxygens (including phenoxy) is 3. The Balaban J connectivity index is 1.89. The normalized spacial score (nSPS) is 11.8. The van der Waals surface area contributed by atoms with Gasteiger partial charge in [0.1, 0.15) is 28.6 Å². The molecule has 0 aliphatic heterocycles. The summed E-state index contributed by atoms with van der Waals surface area (Å²) in [5, 5.41) is 16.6. The molecule has 10 nitrogen and oxygen atoms in total. The van der Waals surface area contributed by atoms with Gasteiger partial charge in [0.15, 0.2) is 0 Å². The molecule has 0 saturated carbocycles. The van der Waals surface area contributed by atoms with Crippen LogP contribution < -0.4 is 14.2 Å². The Hall–Kier alpha value is -3.83. The van der Waals surface area contributed by atoms with Crippen molar-refractivity contribution >= 4 is 32.9 Å². The average Bonchev–Trinajstić information content (AvgIpc) is 2.82. The summed E-state index contributed by atoms with van der Waals surface area (Å²) in [6.45, 7) is 2.49. The van der Waals surface area contributed by atoms with Gasteiger partial charge in [0.25, 0.3) is 10.1 Å². The van der Waals surface area contributed by atoms with E-state index in [0.29, 0.717) is 35.2 Å². The maximum atomic E-state index is 11.3. The second kappa shape index (κ2) is 10.7. The van der Waals surface area contributed by atoms with E-state index in [1.807, 2.05) is 6.92 Å². The summed E-state index contributed by atoms with van der Waals surface area (Å²) in [7, 11) is -1.40. The highest BCUT2D eigenvalue weighted by Crippen LogP contribution is 2.41. The van der Waals surface area contributed by atoms with Crippen molar-refractivity contribution < 1.29 is 27.2 Å². The van der Waals surface area contributed by atoms with Crippen molar-refractivity contribution in [3.8, 4) is 17.2 Å². The Bertz CT molecular complexity index is 1270. The quantitative estimate of drug-likeness (QED) is 0.293. The monoisotopic (exact) mass is 470 g/mol. The van der Waals surface area contributed by atoms with Gasteiger partial charge in [0.2, 0.25) is 0 Å². The van der Waals surface area contributed by atoms with Crippen LogP contribution in [0.5, 0.6) is 17.2 Å². The van der Waals surface area contributed by atoms with Crippen LogP contribution in [-0.2, 0) is 10.1 Å². The number of benzene rings is 3. The van der Waals surface area contributed by atoms with Crippen LogP contribution in [0, 0.1) is 0 Å². The van der Waals surface area contributed by atoms with E-state index in [1.54, 1.807) is 42.5 Å². The molecular formula is C22H22N4O6S. The molecule has 172 valence electrons. The van der Waals surface area contributed by atoms with E-state index in [0.717, 1.165) is 5.75 Å². The summed E-state index contributed by atoms with van der Waals surface area (Å²) < 4.78 is 48.0. The van der Waals surface area contributed by atoms with Gasteiger partial charge < -0.3 is 14.2 Å². The Kier molecular flexibility index (Phi) is 7.70. The number of hydrogen-bond acceptors (Lipinski definition) is 9. The van der Waals surface area contributed by atoms with Crippen LogP contribution in [0.2, 0.25) is 0 Å². The van der Waals surface area contributed by atoms with Gasteiger partial charge >= 0.3 is 0 Å². The van der Waals surface area contributed by atoms with Crippen molar-refractivity contribution in [2.45, 2.75) is 11.8 Å². The molecule has 3 aromatic rings. The molecule has 0 bridgehead atoms. The summed E-state index contributed by atoms with van der Waals surface area (Å²) in [5.74, 6) is 1.48. The number of nitrogens with zero attached hydrogens (tertiary/aromatic N) is 4. The third-order valence-electron chi connectivity index (χ3n) is 4.29. The Labute approximate surface area is 191 Å². The fourth-order valence-electron chi connectivity index (χ4n) is 2.73. The second-order valence-corrected chi connectivity index (χ2v) is 7.92. The molecule has 0 aliphatic rings. The van der Waals surface area contributed by atoms with Gasteiger partial charge in [-0.05, 0) is 49.4 Å². The van der Waals surface area contributed by atoms with Crippen molar-refractivity contribution in [3.05, 3.63) is 60.7 Å². The van der Waals surface area contributed by atoms with Crippen LogP contribution >= 0.6 is 0 Å². The number of methoxy groups -OCH3 is 2. The van der Waals surface area contributed by atoms with Crippen LogP contribution in [-0.4, -0.2) is 33.8 Å². The zero-order chi connectivity index (χ0) is 23.8. The van der Waals surface area contributed by atoms with Gasteiger partial charge in [-0.3, -0.25) is 4.55 Å². The molecule has 0 radical (unpaired) electrons. The van der Waals surface area contributed by atoms with Gasteiger partial charge in [0.05, 0.1) is 37.1 Å². The van der Waals surface area contributed by atoms with E-state index in [1.165, 1.54) is 32.4 Å². The molecule has 3 rings (SSSR count). The molecular weight excluding hydrogens is 448 g/mol. The van der Waals surface area contributed by atoms with Crippen LogP contribution in [0.25, 0.3) is 0 Å². The zero-order valence-electron chi connectivity index (χ0n) is 18.2. The molecule has 33 heavy (non-hydrogen) atoms. The van der Waals surface area contributed by atoms with Gasteiger partial charge in [-0.1, -0.05) is 6.07 Å². The highest BCUT2D eigenvalue weighted by molar-refractivity contribution is 7.85. The first-order valence-corrected chi connectivity index (χ1v) is 11.2. The average molecular weight is 471 g/mol. The van der Waals surface area contributed by atoms with Crippen molar-refractivity contribution in [2.75, 3.05) is 20.8 Å². The molecule has 0 saturated heterocycles. The summed E-state index contributed by atoms with van der Waals surface area (Å²) in [5.41, 5.74) is 1.59. The molecule has 0 spiro atoms. The van der Waals surface area contributed by atoms with Crippen LogP contribution in [0.15, 0.2) is 86.0 Å². The predicted molar refractivity (Wildman–Crippen MR) is 122 cm³/mol. The van der Waals surface area contributed by atoms with Crippen molar-refractivity contribution in [1.29, 1.82) is 0 Å². The van der Waals surface area contributed by atoms with Gasteiger partial charge in [-0.15, -0.1) is 10.2 Å². The highest BCUT2D eigenvalue weighted by Gasteiger charge is 2.12. The fourth-order valence-corrected chi connectivity index (χ4v) is 3.25. The van der Waals surface area contributed by atoms with Crippen LogP contribution in [0.1, 0.15) is 6.92 Å². The molecule has 11 heteroatoms. The molecule has 0 heterocycles. The van der Waals surface area contributed by atoms with E-state index in [4.69, 9.17) is 14.2 Å². The minimum absolute atomic E-state index is 0.227.